The molecule has 1 aromatic heterocycles. The molecule has 1 aromatic rings. The van der Waals surface area contributed by atoms with E-state index in [1.54, 1.807) is 0 Å². The summed E-state index contributed by atoms with van der Waals surface area (Å²) in [5.74, 6) is -1.18. The van der Waals surface area contributed by atoms with Gasteiger partial charge in [-0.2, -0.15) is 0 Å². The lowest BCUT2D eigenvalue weighted by Crippen LogP contribution is -2.30. The van der Waals surface area contributed by atoms with Crippen molar-refractivity contribution in [2.75, 3.05) is 11.9 Å². The van der Waals surface area contributed by atoms with Crippen LogP contribution in [0, 0.1) is 0 Å². The van der Waals surface area contributed by atoms with Crippen molar-refractivity contribution in [3.8, 4) is 0 Å². The molecule has 0 unspecified atom stereocenters. The van der Waals surface area contributed by atoms with E-state index in [-0.39, 0.29) is 0 Å². The molecule has 0 spiro atoms. The van der Waals surface area contributed by atoms with Crippen molar-refractivity contribution in [3.05, 3.63) is 5.01 Å². The lowest BCUT2D eigenvalue weighted by Gasteiger charge is -2.02. The molecule has 0 fully saturated rings. The number of carbonyl (C=O) groups excluding carboxylic acids is 1. The average molecular weight is 246 g/mol. The number of urea groups is 1. The van der Waals surface area contributed by atoms with Gasteiger partial charge in [-0.3, -0.25) is 10.2 Å². The van der Waals surface area contributed by atoms with E-state index >= 15 is 0 Å². The molecule has 0 radical (unpaired) electrons. The summed E-state index contributed by atoms with van der Waals surface area (Å²) in [5, 5.41) is 19.2. The third-order valence-corrected chi connectivity index (χ3v) is 2.33. The molecule has 16 heavy (non-hydrogen) atoms. The standard InChI is InChI=1S/C7H10N4O4S/c1-2-4-9-10-7(16-4)8-6(14)11-15-3-5(12)13/h2-3H2,1H3,(H,12,13)(H2,8,10,11,14). The third kappa shape index (κ3) is 4.19. The molecule has 1 rings (SSSR count). The monoisotopic (exact) mass is 246 g/mol. The van der Waals surface area contributed by atoms with Gasteiger partial charge in [0.2, 0.25) is 5.13 Å². The molecule has 0 saturated heterocycles. The van der Waals surface area contributed by atoms with Crippen LogP contribution in [0.3, 0.4) is 0 Å². The smallest absolute Gasteiger partial charge is 0.345 e. The Bertz CT molecular complexity index is 380. The van der Waals surface area contributed by atoms with E-state index < -0.39 is 18.6 Å². The second-order valence-corrected chi connectivity index (χ2v) is 3.66. The summed E-state index contributed by atoms with van der Waals surface area (Å²) in [6.45, 7) is 1.31. The van der Waals surface area contributed by atoms with E-state index in [0.29, 0.717) is 5.13 Å². The Balaban J connectivity index is 2.31. The molecule has 8 nitrogen and oxygen atoms in total. The van der Waals surface area contributed by atoms with Crippen LogP contribution >= 0.6 is 11.3 Å². The van der Waals surface area contributed by atoms with Gasteiger partial charge in [-0.15, -0.1) is 10.2 Å². The first-order chi connectivity index (χ1) is 7.61. The van der Waals surface area contributed by atoms with Gasteiger partial charge in [0.05, 0.1) is 0 Å². The molecule has 0 aliphatic rings. The zero-order valence-electron chi connectivity index (χ0n) is 8.39. The Labute approximate surface area is 94.6 Å². The molecular weight excluding hydrogens is 236 g/mol. The van der Waals surface area contributed by atoms with Gasteiger partial charge >= 0.3 is 12.0 Å². The van der Waals surface area contributed by atoms with Gasteiger partial charge in [0, 0.05) is 0 Å². The highest BCUT2D eigenvalue weighted by molar-refractivity contribution is 7.15. The fraction of sp³-hybridized carbons (Fsp3) is 0.429. The molecular formula is C7H10N4O4S. The van der Waals surface area contributed by atoms with Crippen LogP contribution in [-0.2, 0) is 16.1 Å². The fourth-order valence-electron chi connectivity index (χ4n) is 0.733. The van der Waals surface area contributed by atoms with Crippen LogP contribution in [0.25, 0.3) is 0 Å². The highest BCUT2D eigenvalue weighted by Crippen LogP contribution is 2.14. The number of carboxylic acid groups (broad SMARTS) is 1. The van der Waals surface area contributed by atoms with Crippen molar-refractivity contribution in [1.82, 2.24) is 15.7 Å². The number of amides is 2. The van der Waals surface area contributed by atoms with Gasteiger partial charge in [0.15, 0.2) is 6.61 Å². The van der Waals surface area contributed by atoms with Crippen LogP contribution in [0.1, 0.15) is 11.9 Å². The van der Waals surface area contributed by atoms with Crippen LogP contribution in [0.5, 0.6) is 0 Å². The van der Waals surface area contributed by atoms with Crippen molar-refractivity contribution in [1.29, 1.82) is 0 Å². The number of hydrogen-bond donors (Lipinski definition) is 3. The number of rotatable bonds is 5. The number of anilines is 1. The third-order valence-electron chi connectivity index (χ3n) is 1.35. The van der Waals surface area contributed by atoms with Gasteiger partial charge in [-0.05, 0) is 6.42 Å². The topological polar surface area (TPSA) is 113 Å². The van der Waals surface area contributed by atoms with Gasteiger partial charge in [-0.25, -0.2) is 15.1 Å². The number of aryl methyl sites for hydroxylation is 1. The summed E-state index contributed by atoms with van der Waals surface area (Å²) in [6.07, 6.45) is 0.733. The van der Waals surface area contributed by atoms with Crippen molar-refractivity contribution >= 4 is 28.5 Å². The fourth-order valence-corrected chi connectivity index (χ4v) is 1.41. The Hall–Kier alpha value is -1.74. The maximum atomic E-state index is 11.1. The van der Waals surface area contributed by atoms with Crippen molar-refractivity contribution in [2.45, 2.75) is 13.3 Å². The normalized spacial score (nSPS) is 9.81. The van der Waals surface area contributed by atoms with E-state index in [1.165, 1.54) is 11.3 Å². The molecule has 9 heteroatoms. The van der Waals surface area contributed by atoms with Crippen LogP contribution in [-0.4, -0.2) is 33.9 Å². The van der Waals surface area contributed by atoms with Crippen molar-refractivity contribution < 1.29 is 19.5 Å². The summed E-state index contributed by atoms with van der Waals surface area (Å²) in [5.41, 5.74) is 1.90. The summed E-state index contributed by atoms with van der Waals surface area (Å²) in [6, 6.07) is -0.694. The first kappa shape index (κ1) is 12.3. The predicted octanol–water partition coefficient (Wildman–Crippen LogP) is 0.238. The number of hydroxylamine groups is 1. The molecule has 0 aliphatic heterocycles. The number of aromatic nitrogens is 2. The second-order valence-electron chi connectivity index (χ2n) is 2.59. The molecule has 0 atom stereocenters. The van der Waals surface area contributed by atoms with E-state index in [9.17, 15) is 9.59 Å². The molecule has 0 aliphatic carbocycles. The first-order valence-electron chi connectivity index (χ1n) is 4.34. The Morgan fingerprint density at radius 1 is 1.50 bits per heavy atom. The van der Waals surface area contributed by atoms with E-state index in [0.717, 1.165) is 11.4 Å². The van der Waals surface area contributed by atoms with Gasteiger partial charge in [-0.1, -0.05) is 18.3 Å². The number of carboxylic acids is 1. The summed E-state index contributed by atoms with van der Waals surface area (Å²) >= 11 is 1.23. The molecule has 1 heterocycles. The van der Waals surface area contributed by atoms with Crippen LogP contribution in [0.2, 0.25) is 0 Å². The molecule has 2 amide bonds. The molecule has 3 N–H and O–H groups in total. The zero-order chi connectivity index (χ0) is 12.0. The summed E-state index contributed by atoms with van der Waals surface area (Å²) in [4.78, 5) is 25.5. The summed E-state index contributed by atoms with van der Waals surface area (Å²) in [7, 11) is 0. The first-order valence-corrected chi connectivity index (χ1v) is 5.16. The van der Waals surface area contributed by atoms with Crippen molar-refractivity contribution in [3.63, 3.8) is 0 Å². The SMILES string of the molecule is CCc1nnc(NC(=O)NOCC(=O)O)s1. The Morgan fingerprint density at radius 2 is 2.25 bits per heavy atom. The van der Waals surface area contributed by atoms with Crippen LogP contribution in [0.15, 0.2) is 0 Å². The molecule has 0 saturated carbocycles. The highest BCUT2D eigenvalue weighted by Gasteiger charge is 2.07. The summed E-state index contributed by atoms with van der Waals surface area (Å²) < 4.78 is 0. The quantitative estimate of drug-likeness (QED) is 0.641. The Kier molecular flexibility index (Phi) is 4.61. The van der Waals surface area contributed by atoms with Crippen LogP contribution < -0.4 is 10.8 Å². The minimum Gasteiger partial charge on any atom is -0.479 e. The lowest BCUT2D eigenvalue weighted by atomic mass is 10.5. The number of aliphatic carboxylic acids is 1. The molecule has 0 aromatic carbocycles. The Morgan fingerprint density at radius 3 is 2.81 bits per heavy atom. The number of nitrogens with zero attached hydrogens (tertiary/aromatic N) is 2. The van der Waals surface area contributed by atoms with E-state index in [4.69, 9.17) is 5.11 Å². The largest absolute Gasteiger partial charge is 0.479 e. The number of nitrogens with one attached hydrogen (secondary N) is 2. The van der Waals surface area contributed by atoms with Crippen LogP contribution in [0.4, 0.5) is 9.93 Å². The van der Waals surface area contributed by atoms with Crippen molar-refractivity contribution in [2.24, 2.45) is 0 Å². The minimum absolute atomic E-state index is 0.327. The number of hydrogen-bond acceptors (Lipinski definition) is 6. The minimum atomic E-state index is -1.18. The maximum absolute atomic E-state index is 11.1. The molecule has 88 valence electrons. The van der Waals surface area contributed by atoms with Gasteiger partial charge in [0.1, 0.15) is 5.01 Å². The zero-order valence-corrected chi connectivity index (χ0v) is 9.21. The predicted molar refractivity (Wildman–Crippen MR) is 55.0 cm³/mol. The average Bonchev–Trinajstić information content (AvgIpc) is 2.65. The highest BCUT2D eigenvalue weighted by atomic mass is 32.1. The molecule has 0 bridgehead atoms. The van der Waals surface area contributed by atoms with E-state index in [2.05, 4.69) is 20.4 Å². The maximum Gasteiger partial charge on any atom is 0.345 e. The van der Waals surface area contributed by atoms with Gasteiger partial charge < -0.3 is 5.11 Å². The van der Waals surface area contributed by atoms with Gasteiger partial charge in [0.25, 0.3) is 0 Å². The van der Waals surface area contributed by atoms with E-state index in [1.807, 2.05) is 12.4 Å². The second kappa shape index (κ2) is 5.98. The number of carbonyl (C=O) groups is 2. The lowest BCUT2D eigenvalue weighted by molar-refractivity contribution is -0.143.